The van der Waals surface area contributed by atoms with Crippen LogP contribution < -0.4 is 10.6 Å². The number of aliphatic hydroxyl groups is 1. The predicted octanol–water partition coefficient (Wildman–Crippen LogP) is -0.0903. The van der Waals surface area contributed by atoms with E-state index < -0.39 is 0 Å². The molecule has 0 radical (unpaired) electrons. The highest BCUT2D eigenvalue weighted by Gasteiger charge is 2.25. The first-order chi connectivity index (χ1) is 7.72. The van der Waals surface area contributed by atoms with Gasteiger partial charge in [-0.3, -0.25) is 0 Å². The molecular weight excluding hydrogens is 232 g/mol. The molecule has 0 spiro atoms. The third-order valence-electron chi connectivity index (χ3n) is 2.48. The number of halogens is 1. The number of nitrogens with zero attached hydrogens (tertiary/aromatic N) is 3. The van der Waals surface area contributed by atoms with Gasteiger partial charge in [0.1, 0.15) is 0 Å². The molecule has 6 nitrogen and oxygen atoms in total. The Balaban J connectivity index is 2.30. The molecule has 88 valence electrons. The molecule has 7 heteroatoms. The number of hydrogen-bond acceptors (Lipinski definition) is 6. The summed E-state index contributed by atoms with van der Waals surface area (Å²) in [7, 11) is 0. The molecule has 1 aliphatic rings. The SMILES string of the molecule is Nc1cnc(Cl)nc1N1CCOCC1CO. The van der Waals surface area contributed by atoms with E-state index in [1.165, 1.54) is 6.20 Å². The summed E-state index contributed by atoms with van der Waals surface area (Å²) in [5, 5.41) is 9.39. The quantitative estimate of drug-likeness (QED) is 0.708. The normalized spacial score (nSPS) is 21.1. The number of hydrogen-bond donors (Lipinski definition) is 2. The third kappa shape index (κ3) is 2.18. The van der Waals surface area contributed by atoms with E-state index in [2.05, 4.69) is 9.97 Å². The zero-order valence-electron chi connectivity index (χ0n) is 8.64. The number of nitrogen functional groups attached to an aromatic ring is 1. The summed E-state index contributed by atoms with van der Waals surface area (Å²) in [6, 6.07) is -0.137. The average Bonchev–Trinajstić information content (AvgIpc) is 2.32. The van der Waals surface area contributed by atoms with Gasteiger partial charge in [0.05, 0.1) is 37.7 Å². The zero-order valence-corrected chi connectivity index (χ0v) is 9.39. The van der Waals surface area contributed by atoms with E-state index in [9.17, 15) is 5.11 Å². The van der Waals surface area contributed by atoms with Crippen molar-refractivity contribution >= 4 is 23.1 Å². The molecule has 0 saturated carbocycles. The topological polar surface area (TPSA) is 84.5 Å². The maximum Gasteiger partial charge on any atom is 0.224 e. The molecule has 0 aliphatic carbocycles. The maximum absolute atomic E-state index is 9.24. The number of aliphatic hydroxyl groups excluding tert-OH is 1. The molecule has 1 aromatic rings. The lowest BCUT2D eigenvalue weighted by Crippen LogP contribution is -2.48. The molecule has 1 atom stereocenters. The van der Waals surface area contributed by atoms with E-state index in [4.69, 9.17) is 22.1 Å². The van der Waals surface area contributed by atoms with Gasteiger partial charge in [0.2, 0.25) is 5.28 Å². The fourth-order valence-electron chi connectivity index (χ4n) is 1.68. The van der Waals surface area contributed by atoms with Gasteiger partial charge in [-0.2, -0.15) is 4.98 Å². The minimum Gasteiger partial charge on any atom is -0.394 e. The van der Waals surface area contributed by atoms with Crippen molar-refractivity contribution in [3.05, 3.63) is 11.5 Å². The molecule has 1 saturated heterocycles. The molecule has 2 heterocycles. The second-order valence-electron chi connectivity index (χ2n) is 3.52. The Morgan fingerprint density at radius 2 is 2.50 bits per heavy atom. The molecule has 1 unspecified atom stereocenters. The summed E-state index contributed by atoms with van der Waals surface area (Å²) in [5.74, 6) is 0.558. The molecule has 16 heavy (non-hydrogen) atoms. The van der Waals surface area contributed by atoms with Gasteiger partial charge in [0.15, 0.2) is 5.82 Å². The Morgan fingerprint density at radius 3 is 3.25 bits per heavy atom. The first kappa shape index (κ1) is 11.4. The van der Waals surface area contributed by atoms with Crippen LogP contribution in [0.15, 0.2) is 6.20 Å². The van der Waals surface area contributed by atoms with Gasteiger partial charge in [-0.1, -0.05) is 0 Å². The number of nitrogens with two attached hydrogens (primary N) is 1. The van der Waals surface area contributed by atoms with Crippen LogP contribution in [-0.2, 0) is 4.74 Å². The van der Waals surface area contributed by atoms with E-state index in [-0.39, 0.29) is 17.9 Å². The zero-order chi connectivity index (χ0) is 11.5. The lowest BCUT2D eigenvalue weighted by molar-refractivity contribution is 0.0723. The highest BCUT2D eigenvalue weighted by molar-refractivity contribution is 6.28. The lowest BCUT2D eigenvalue weighted by atomic mass is 10.2. The highest BCUT2D eigenvalue weighted by Crippen LogP contribution is 2.24. The van der Waals surface area contributed by atoms with Crippen LogP contribution in [0.25, 0.3) is 0 Å². The highest BCUT2D eigenvalue weighted by atomic mass is 35.5. The van der Waals surface area contributed by atoms with Crippen molar-refractivity contribution in [2.45, 2.75) is 6.04 Å². The maximum atomic E-state index is 9.24. The fraction of sp³-hybridized carbons (Fsp3) is 0.556. The first-order valence-corrected chi connectivity index (χ1v) is 5.33. The minimum atomic E-state index is -0.137. The Bertz CT molecular complexity index is 377. The van der Waals surface area contributed by atoms with Crippen molar-refractivity contribution in [2.24, 2.45) is 0 Å². The molecule has 0 bridgehead atoms. The van der Waals surface area contributed by atoms with Gasteiger partial charge < -0.3 is 20.5 Å². The van der Waals surface area contributed by atoms with Crippen molar-refractivity contribution in [2.75, 3.05) is 37.0 Å². The average molecular weight is 245 g/mol. The van der Waals surface area contributed by atoms with E-state index >= 15 is 0 Å². The Kier molecular flexibility index (Phi) is 3.42. The second-order valence-corrected chi connectivity index (χ2v) is 3.86. The smallest absolute Gasteiger partial charge is 0.224 e. The van der Waals surface area contributed by atoms with Crippen molar-refractivity contribution in [3.8, 4) is 0 Å². The van der Waals surface area contributed by atoms with Crippen molar-refractivity contribution < 1.29 is 9.84 Å². The molecule has 1 aliphatic heterocycles. The van der Waals surface area contributed by atoms with Crippen LogP contribution in [0.5, 0.6) is 0 Å². The summed E-state index contributed by atoms with van der Waals surface area (Å²) >= 11 is 5.73. The second kappa shape index (κ2) is 4.82. The molecule has 3 N–H and O–H groups in total. The van der Waals surface area contributed by atoms with E-state index in [0.29, 0.717) is 31.3 Å². The van der Waals surface area contributed by atoms with Crippen molar-refractivity contribution in [1.82, 2.24) is 9.97 Å². The molecule has 2 rings (SSSR count). The number of aromatic nitrogens is 2. The monoisotopic (exact) mass is 244 g/mol. The van der Waals surface area contributed by atoms with Gasteiger partial charge >= 0.3 is 0 Å². The molecule has 1 aromatic heterocycles. The Morgan fingerprint density at radius 1 is 1.69 bits per heavy atom. The van der Waals surface area contributed by atoms with Crippen molar-refractivity contribution in [3.63, 3.8) is 0 Å². The standard InChI is InChI=1S/C9H13ClN4O2/c10-9-12-3-7(11)8(13-9)14-1-2-16-5-6(14)4-15/h3,6,15H,1-2,4-5,11H2. The Labute approximate surface area is 98.0 Å². The first-order valence-electron chi connectivity index (χ1n) is 4.95. The fourth-order valence-corrected chi connectivity index (χ4v) is 1.81. The molecule has 0 amide bonds. The van der Waals surface area contributed by atoms with E-state index in [0.717, 1.165) is 0 Å². The summed E-state index contributed by atoms with van der Waals surface area (Å²) < 4.78 is 5.28. The minimum absolute atomic E-state index is 0.0128. The van der Waals surface area contributed by atoms with Gasteiger partial charge in [0.25, 0.3) is 0 Å². The molecule has 1 fully saturated rings. The van der Waals surface area contributed by atoms with E-state index in [1.54, 1.807) is 0 Å². The number of rotatable bonds is 2. The van der Waals surface area contributed by atoms with Gasteiger partial charge in [0, 0.05) is 6.54 Å². The van der Waals surface area contributed by atoms with Crippen LogP contribution in [0.2, 0.25) is 5.28 Å². The number of morpholine rings is 1. The summed E-state index contributed by atoms with van der Waals surface area (Å²) in [6.07, 6.45) is 1.47. The van der Waals surface area contributed by atoms with Gasteiger partial charge in [-0.15, -0.1) is 0 Å². The third-order valence-corrected chi connectivity index (χ3v) is 2.66. The van der Waals surface area contributed by atoms with Crippen molar-refractivity contribution in [1.29, 1.82) is 0 Å². The summed E-state index contributed by atoms with van der Waals surface area (Å²) in [5.41, 5.74) is 6.24. The van der Waals surface area contributed by atoms with Crippen LogP contribution in [0.1, 0.15) is 0 Å². The largest absolute Gasteiger partial charge is 0.394 e. The number of ether oxygens (including phenoxy) is 1. The summed E-state index contributed by atoms with van der Waals surface area (Å²) in [6.45, 7) is 1.65. The van der Waals surface area contributed by atoms with E-state index in [1.807, 2.05) is 4.90 Å². The van der Waals surface area contributed by atoms with Crippen LogP contribution in [0.4, 0.5) is 11.5 Å². The Hall–Kier alpha value is -1.11. The molecule has 0 aromatic carbocycles. The molecular formula is C9H13ClN4O2. The lowest BCUT2D eigenvalue weighted by Gasteiger charge is -2.35. The van der Waals surface area contributed by atoms with Crippen LogP contribution in [0.3, 0.4) is 0 Å². The van der Waals surface area contributed by atoms with Crippen LogP contribution >= 0.6 is 11.6 Å². The van der Waals surface area contributed by atoms with Crippen LogP contribution in [0, 0.1) is 0 Å². The number of anilines is 2. The van der Waals surface area contributed by atoms with Gasteiger partial charge in [-0.25, -0.2) is 4.98 Å². The predicted molar refractivity (Wildman–Crippen MR) is 60.5 cm³/mol. The van der Waals surface area contributed by atoms with Gasteiger partial charge in [-0.05, 0) is 11.6 Å². The van der Waals surface area contributed by atoms with Crippen LogP contribution in [-0.4, -0.2) is 47.5 Å². The summed E-state index contributed by atoms with van der Waals surface area (Å²) in [4.78, 5) is 9.77.